The number of nitrogens with zero attached hydrogens (tertiary/aromatic N) is 2. The van der Waals surface area contributed by atoms with E-state index in [9.17, 15) is 8.42 Å². The molecule has 2 heterocycles. The fraction of sp³-hybridized carbons (Fsp3) is 0.353. The van der Waals surface area contributed by atoms with E-state index in [0.29, 0.717) is 10.7 Å². The standard InChI is InChI=1S/C17H21ClN4O2S/c1-12-17(13(2)21-20-12)25(23,24)22(11-14-4-3-9-19-10-14)16-7-5-15(18)6-8-16/h3-10,12-13,17,20-21H,11H2,1-2H3. The molecule has 1 aromatic carbocycles. The first kappa shape index (κ1) is 18.1. The zero-order valence-electron chi connectivity index (χ0n) is 14.1. The minimum absolute atomic E-state index is 0.205. The number of hydrazine groups is 1. The van der Waals surface area contributed by atoms with Gasteiger partial charge in [-0.15, -0.1) is 0 Å². The highest BCUT2D eigenvalue weighted by atomic mass is 35.5. The molecule has 0 spiro atoms. The van der Waals surface area contributed by atoms with Gasteiger partial charge in [0.25, 0.3) is 0 Å². The Morgan fingerprint density at radius 1 is 1.12 bits per heavy atom. The topological polar surface area (TPSA) is 74.3 Å². The van der Waals surface area contributed by atoms with Crippen molar-refractivity contribution in [3.8, 4) is 0 Å². The van der Waals surface area contributed by atoms with Gasteiger partial charge >= 0.3 is 0 Å². The molecule has 1 saturated heterocycles. The van der Waals surface area contributed by atoms with Crippen molar-refractivity contribution in [1.29, 1.82) is 0 Å². The summed E-state index contributed by atoms with van der Waals surface area (Å²) in [5.74, 6) is 0. The number of pyridine rings is 1. The Bertz CT molecular complexity index is 804. The van der Waals surface area contributed by atoms with Crippen LogP contribution >= 0.6 is 11.6 Å². The molecule has 0 bridgehead atoms. The van der Waals surface area contributed by atoms with Crippen LogP contribution in [0.3, 0.4) is 0 Å². The Morgan fingerprint density at radius 3 is 2.32 bits per heavy atom. The highest BCUT2D eigenvalue weighted by Crippen LogP contribution is 2.28. The molecule has 3 rings (SSSR count). The van der Waals surface area contributed by atoms with Gasteiger partial charge in [0.2, 0.25) is 10.0 Å². The number of halogens is 1. The minimum atomic E-state index is -3.63. The lowest BCUT2D eigenvalue weighted by Gasteiger charge is -2.30. The highest BCUT2D eigenvalue weighted by Gasteiger charge is 2.43. The number of hydrogen-bond donors (Lipinski definition) is 2. The molecule has 2 atom stereocenters. The largest absolute Gasteiger partial charge is 0.265 e. The number of aromatic nitrogens is 1. The first-order chi connectivity index (χ1) is 11.9. The van der Waals surface area contributed by atoms with Crippen molar-refractivity contribution in [1.82, 2.24) is 15.8 Å². The fourth-order valence-corrected chi connectivity index (χ4v) is 5.45. The zero-order chi connectivity index (χ0) is 18.0. The number of nitrogens with one attached hydrogen (secondary N) is 2. The minimum Gasteiger partial charge on any atom is -0.265 e. The molecule has 134 valence electrons. The third-order valence-corrected chi connectivity index (χ3v) is 7.05. The van der Waals surface area contributed by atoms with Gasteiger partial charge in [-0.2, -0.15) is 0 Å². The number of rotatable bonds is 5. The molecule has 2 N–H and O–H groups in total. The molecule has 8 heteroatoms. The summed E-state index contributed by atoms with van der Waals surface area (Å²) in [5.41, 5.74) is 7.43. The SMILES string of the molecule is CC1NNC(C)C1S(=O)(=O)N(Cc1cccnc1)c1ccc(Cl)cc1. The molecule has 0 amide bonds. The van der Waals surface area contributed by atoms with E-state index >= 15 is 0 Å². The maximum atomic E-state index is 13.4. The second-order valence-corrected chi connectivity index (χ2v) is 8.67. The summed E-state index contributed by atoms with van der Waals surface area (Å²) in [6, 6.07) is 10.1. The van der Waals surface area contributed by atoms with Crippen molar-refractivity contribution >= 4 is 27.3 Å². The third kappa shape index (κ3) is 3.79. The molecule has 1 aliphatic heterocycles. The molecule has 1 aliphatic rings. The van der Waals surface area contributed by atoms with Crippen LogP contribution in [0.25, 0.3) is 0 Å². The molecule has 2 unspecified atom stereocenters. The van der Waals surface area contributed by atoms with Gasteiger partial charge in [-0.3, -0.25) is 20.1 Å². The van der Waals surface area contributed by atoms with E-state index in [1.807, 2.05) is 19.9 Å². The average Bonchev–Trinajstić information content (AvgIpc) is 2.94. The predicted octanol–water partition coefficient (Wildman–Crippen LogP) is 2.32. The van der Waals surface area contributed by atoms with Crippen molar-refractivity contribution in [2.75, 3.05) is 4.31 Å². The summed E-state index contributed by atoms with van der Waals surface area (Å²) < 4.78 is 28.3. The Morgan fingerprint density at radius 2 is 1.76 bits per heavy atom. The van der Waals surface area contributed by atoms with Crippen LogP contribution in [0.15, 0.2) is 48.8 Å². The number of sulfonamides is 1. The summed E-state index contributed by atoms with van der Waals surface area (Å²) in [7, 11) is -3.63. The summed E-state index contributed by atoms with van der Waals surface area (Å²) in [5, 5.41) is -0.0201. The monoisotopic (exact) mass is 380 g/mol. The van der Waals surface area contributed by atoms with E-state index in [1.165, 1.54) is 4.31 Å². The first-order valence-electron chi connectivity index (χ1n) is 8.06. The van der Waals surface area contributed by atoms with Gasteiger partial charge in [-0.25, -0.2) is 8.42 Å². The maximum absolute atomic E-state index is 13.4. The van der Waals surface area contributed by atoms with E-state index in [1.54, 1.807) is 42.7 Å². The zero-order valence-corrected chi connectivity index (χ0v) is 15.6. The number of benzene rings is 1. The summed E-state index contributed by atoms with van der Waals surface area (Å²) in [6.45, 7) is 3.94. The van der Waals surface area contributed by atoms with E-state index in [2.05, 4.69) is 15.8 Å². The fourth-order valence-electron chi connectivity index (χ4n) is 3.12. The van der Waals surface area contributed by atoms with E-state index in [0.717, 1.165) is 5.56 Å². The molecule has 0 aliphatic carbocycles. The Kier molecular flexibility index (Phi) is 5.29. The molecule has 2 aromatic rings. The van der Waals surface area contributed by atoms with Gasteiger partial charge in [0.15, 0.2) is 0 Å². The lowest BCUT2D eigenvalue weighted by Crippen LogP contribution is -2.46. The quantitative estimate of drug-likeness (QED) is 0.832. The van der Waals surface area contributed by atoms with Crippen molar-refractivity contribution < 1.29 is 8.42 Å². The molecule has 0 saturated carbocycles. The van der Waals surface area contributed by atoms with E-state index < -0.39 is 15.3 Å². The van der Waals surface area contributed by atoms with Crippen LogP contribution in [-0.4, -0.2) is 30.7 Å². The number of anilines is 1. The molecule has 1 aromatic heterocycles. The van der Waals surface area contributed by atoms with Crippen LogP contribution in [0.2, 0.25) is 5.02 Å². The van der Waals surface area contributed by atoms with Crippen molar-refractivity contribution in [3.63, 3.8) is 0 Å². The summed E-state index contributed by atoms with van der Waals surface area (Å²) in [4.78, 5) is 4.09. The van der Waals surface area contributed by atoms with Crippen LogP contribution in [0.5, 0.6) is 0 Å². The van der Waals surface area contributed by atoms with Gasteiger partial charge in [0.1, 0.15) is 5.25 Å². The van der Waals surface area contributed by atoms with Crippen LogP contribution < -0.4 is 15.2 Å². The van der Waals surface area contributed by atoms with Gasteiger partial charge in [-0.05, 0) is 49.7 Å². The van der Waals surface area contributed by atoms with Gasteiger partial charge in [0, 0.05) is 29.5 Å². The predicted molar refractivity (Wildman–Crippen MR) is 99.8 cm³/mol. The lowest BCUT2D eigenvalue weighted by molar-refractivity contribution is 0.553. The molecule has 6 nitrogen and oxygen atoms in total. The Hall–Kier alpha value is -1.67. The maximum Gasteiger partial charge on any atom is 0.241 e. The summed E-state index contributed by atoms with van der Waals surface area (Å²) in [6.07, 6.45) is 3.34. The summed E-state index contributed by atoms with van der Waals surface area (Å²) >= 11 is 5.97. The molecule has 25 heavy (non-hydrogen) atoms. The van der Waals surface area contributed by atoms with Crippen LogP contribution in [0.4, 0.5) is 5.69 Å². The Balaban J connectivity index is 2.02. The van der Waals surface area contributed by atoms with Gasteiger partial charge < -0.3 is 0 Å². The van der Waals surface area contributed by atoms with Crippen LogP contribution in [-0.2, 0) is 16.6 Å². The second-order valence-electron chi connectivity index (χ2n) is 6.22. The number of hydrogen-bond acceptors (Lipinski definition) is 5. The molecule has 0 radical (unpaired) electrons. The van der Waals surface area contributed by atoms with Crippen LogP contribution in [0, 0.1) is 0 Å². The highest BCUT2D eigenvalue weighted by molar-refractivity contribution is 7.93. The molecular weight excluding hydrogens is 360 g/mol. The average molecular weight is 381 g/mol. The molecule has 1 fully saturated rings. The van der Waals surface area contributed by atoms with Crippen molar-refractivity contribution in [3.05, 3.63) is 59.4 Å². The normalized spacial score (nSPS) is 23.6. The smallest absolute Gasteiger partial charge is 0.241 e. The van der Waals surface area contributed by atoms with E-state index in [-0.39, 0.29) is 18.6 Å². The third-order valence-electron chi connectivity index (χ3n) is 4.34. The van der Waals surface area contributed by atoms with Crippen molar-refractivity contribution in [2.24, 2.45) is 0 Å². The van der Waals surface area contributed by atoms with Gasteiger partial charge in [-0.1, -0.05) is 17.7 Å². The Labute approximate surface area is 153 Å². The van der Waals surface area contributed by atoms with Gasteiger partial charge in [0.05, 0.1) is 12.2 Å². The molecular formula is C17H21ClN4O2S. The second kappa shape index (κ2) is 7.29. The lowest BCUT2D eigenvalue weighted by atomic mass is 10.2. The first-order valence-corrected chi connectivity index (χ1v) is 9.95. The van der Waals surface area contributed by atoms with Crippen LogP contribution in [0.1, 0.15) is 19.4 Å². The van der Waals surface area contributed by atoms with Crippen molar-refractivity contribution in [2.45, 2.75) is 37.7 Å². The van der Waals surface area contributed by atoms with E-state index in [4.69, 9.17) is 11.6 Å².